The van der Waals surface area contributed by atoms with E-state index in [1.807, 2.05) is 35.9 Å². The monoisotopic (exact) mass is 253 g/mol. The molecule has 17 heavy (non-hydrogen) atoms. The van der Waals surface area contributed by atoms with Crippen LogP contribution in [0.2, 0.25) is 0 Å². The van der Waals surface area contributed by atoms with Crippen LogP contribution in [-0.2, 0) is 16.9 Å². The van der Waals surface area contributed by atoms with Crippen LogP contribution < -0.4 is 5.32 Å². The molecule has 2 aromatic rings. The number of hydrogen-bond acceptors (Lipinski definition) is 4. The number of sulfone groups is 1. The molecule has 0 bridgehead atoms. The number of hydrogen-bond donors (Lipinski definition) is 1. The van der Waals surface area contributed by atoms with E-state index in [0.717, 1.165) is 11.0 Å². The first-order valence-electron chi connectivity index (χ1n) is 5.30. The molecule has 0 saturated heterocycles. The third kappa shape index (κ3) is 2.76. The topological polar surface area (TPSA) is 64.0 Å². The SMILES string of the molecule is Cn1c(NCCS(C)(=O)=O)nc2ccccc21. The molecule has 0 spiro atoms. The first-order valence-corrected chi connectivity index (χ1v) is 7.36. The van der Waals surface area contributed by atoms with Crippen LogP contribution in [0.3, 0.4) is 0 Å². The molecule has 92 valence electrons. The van der Waals surface area contributed by atoms with E-state index in [1.165, 1.54) is 6.26 Å². The Bertz CT molecular complexity index is 631. The molecule has 0 amide bonds. The van der Waals surface area contributed by atoms with E-state index in [1.54, 1.807) is 0 Å². The molecule has 0 aliphatic heterocycles. The Kier molecular flexibility index (Phi) is 3.06. The molecular formula is C11H15N3O2S. The maximum absolute atomic E-state index is 11.0. The zero-order chi connectivity index (χ0) is 12.5. The van der Waals surface area contributed by atoms with Gasteiger partial charge in [-0.05, 0) is 12.1 Å². The standard InChI is InChI=1S/C11H15N3O2S/c1-14-10-6-4-3-5-9(10)13-11(14)12-7-8-17(2,15)16/h3-6H,7-8H2,1-2H3,(H,12,13). The van der Waals surface area contributed by atoms with Crippen LogP contribution in [0.25, 0.3) is 11.0 Å². The van der Waals surface area contributed by atoms with Gasteiger partial charge in [0.15, 0.2) is 0 Å². The van der Waals surface area contributed by atoms with E-state index >= 15 is 0 Å². The van der Waals surface area contributed by atoms with Gasteiger partial charge in [-0.2, -0.15) is 0 Å². The fraction of sp³-hybridized carbons (Fsp3) is 0.364. The van der Waals surface area contributed by atoms with Crippen LogP contribution in [0.4, 0.5) is 5.95 Å². The van der Waals surface area contributed by atoms with Crippen molar-refractivity contribution in [1.29, 1.82) is 0 Å². The van der Waals surface area contributed by atoms with Crippen LogP contribution in [0.1, 0.15) is 0 Å². The lowest BCUT2D eigenvalue weighted by atomic mass is 10.3. The maximum Gasteiger partial charge on any atom is 0.203 e. The third-order valence-electron chi connectivity index (χ3n) is 2.54. The lowest BCUT2D eigenvalue weighted by Gasteiger charge is -2.04. The van der Waals surface area contributed by atoms with E-state index in [2.05, 4.69) is 10.3 Å². The summed E-state index contributed by atoms with van der Waals surface area (Å²) in [4.78, 5) is 4.39. The molecule has 1 heterocycles. The van der Waals surface area contributed by atoms with Gasteiger partial charge in [0.1, 0.15) is 9.84 Å². The minimum Gasteiger partial charge on any atom is -0.355 e. The molecule has 1 aromatic heterocycles. The van der Waals surface area contributed by atoms with Gasteiger partial charge in [-0.15, -0.1) is 0 Å². The van der Waals surface area contributed by atoms with Crippen molar-refractivity contribution in [3.05, 3.63) is 24.3 Å². The number of aromatic nitrogens is 2. The average Bonchev–Trinajstić information content (AvgIpc) is 2.55. The van der Waals surface area contributed by atoms with Crippen molar-refractivity contribution >= 4 is 26.8 Å². The van der Waals surface area contributed by atoms with Crippen LogP contribution in [0.15, 0.2) is 24.3 Å². The fourth-order valence-corrected chi connectivity index (χ4v) is 2.12. The Hall–Kier alpha value is -1.56. The third-order valence-corrected chi connectivity index (χ3v) is 3.49. The Morgan fingerprint density at radius 3 is 2.71 bits per heavy atom. The van der Waals surface area contributed by atoms with Crippen molar-refractivity contribution in [3.63, 3.8) is 0 Å². The number of fused-ring (bicyclic) bond motifs is 1. The highest BCUT2D eigenvalue weighted by molar-refractivity contribution is 7.90. The van der Waals surface area contributed by atoms with Crippen molar-refractivity contribution in [3.8, 4) is 0 Å². The van der Waals surface area contributed by atoms with Gasteiger partial charge in [0.05, 0.1) is 16.8 Å². The molecule has 0 saturated carbocycles. The molecule has 5 nitrogen and oxygen atoms in total. The number of aryl methyl sites for hydroxylation is 1. The zero-order valence-corrected chi connectivity index (χ0v) is 10.7. The summed E-state index contributed by atoms with van der Waals surface area (Å²) in [6.45, 7) is 0.371. The molecular weight excluding hydrogens is 238 g/mol. The predicted octanol–water partition coefficient (Wildman–Crippen LogP) is 1.03. The number of anilines is 1. The highest BCUT2D eigenvalue weighted by atomic mass is 32.2. The highest BCUT2D eigenvalue weighted by Gasteiger charge is 2.07. The van der Waals surface area contributed by atoms with E-state index < -0.39 is 9.84 Å². The number of rotatable bonds is 4. The van der Waals surface area contributed by atoms with E-state index in [4.69, 9.17) is 0 Å². The summed E-state index contributed by atoms with van der Waals surface area (Å²) in [6, 6.07) is 7.78. The van der Waals surface area contributed by atoms with Crippen LogP contribution in [0.5, 0.6) is 0 Å². The molecule has 2 rings (SSSR count). The summed E-state index contributed by atoms with van der Waals surface area (Å²) in [5.74, 6) is 0.797. The second-order valence-electron chi connectivity index (χ2n) is 4.04. The van der Waals surface area contributed by atoms with Crippen molar-refractivity contribution in [2.45, 2.75) is 0 Å². The maximum atomic E-state index is 11.0. The number of nitrogens with one attached hydrogen (secondary N) is 1. The molecule has 0 aliphatic carbocycles. The number of nitrogens with zero attached hydrogens (tertiary/aromatic N) is 2. The van der Waals surface area contributed by atoms with Crippen molar-refractivity contribution in [1.82, 2.24) is 9.55 Å². The largest absolute Gasteiger partial charge is 0.355 e. The van der Waals surface area contributed by atoms with Crippen molar-refractivity contribution in [2.24, 2.45) is 7.05 Å². The Balaban J connectivity index is 2.17. The number of para-hydroxylation sites is 2. The summed E-state index contributed by atoms with van der Waals surface area (Å²) in [7, 11) is -1.04. The first-order chi connectivity index (χ1) is 7.97. The number of imidazole rings is 1. The minimum absolute atomic E-state index is 0.107. The summed E-state index contributed by atoms with van der Waals surface area (Å²) < 4.78 is 23.9. The quantitative estimate of drug-likeness (QED) is 0.884. The Labute approximate surface area is 100 Å². The van der Waals surface area contributed by atoms with Crippen molar-refractivity contribution < 1.29 is 8.42 Å². The minimum atomic E-state index is -2.94. The molecule has 6 heteroatoms. The van der Waals surface area contributed by atoms with Gasteiger partial charge in [-0.3, -0.25) is 0 Å². The molecule has 1 aromatic carbocycles. The summed E-state index contributed by atoms with van der Waals surface area (Å²) >= 11 is 0. The van der Waals surface area contributed by atoms with Crippen LogP contribution >= 0.6 is 0 Å². The predicted molar refractivity (Wildman–Crippen MR) is 68.9 cm³/mol. The van der Waals surface area contributed by atoms with Crippen LogP contribution in [-0.4, -0.2) is 36.5 Å². The summed E-state index contributed by atoms with van der Waals surface area (Å²) in [5, 5.41) is 3.03. The molecule has 0 radical (unpaired) electrons. The van der Waals surface area contributed by atoms with E-state index in [0.29, 0.717) is 12.5 Å². The van der Waals surface area contributed by atoms with Gasteiger partial charge in [-0.1, -0.05) is 12.1 Å². The second-order valence-corrected chi connectivity index (χ2v) is 6.30. The molecule has 0 unspecified atom stereocenters. The van der Waals surface area contributed by atoms with Gasteiger partial charge >= 0.3 is 0 Å². The van der Waals surface area contributed by atoms with Gasteiger partial charge < -0.3 is 9.88 Å². The molecule has 0 atom stereocenters. The molecule has 0 aliphatic rings. The normalized spacial score (nSPS) is 11.9. The van der Waals surface area contributed by atoms with Gasteiger partial charge in [0, 0.05) is 19.8 Å². The molecule has 0 fully saturated rings. The smallest absolute Gasteiger partial charge is 0.203 e. The Morgan fingerprint density at radius 1 is 1.35 bits per heavy atom. The van der Waals surface area contributed by atoms with Crippen molar-refractivity contribution in [2.75, 3.05) is 23.9 Å². The van der Waals surface area contributed by atoms with Crippen LogP contribution in [0, 0.1) is 0 Å². The van der Waals surface area contributed by atoms with E-state index in [9.17, 15) is 8.42 Å². The highest BCUT2D eigenvalue weighted by Crippen LogP contribution is 2.17. The fourth-order valence-electron chi connectivity index (χ4n) is 1.65. The average molecular weight is 253 g/mol. The van der Waals surface area contributed by atoms with Gasteiger partial charge in [0.2, 0.25) is 5.95 Å². The first kappa shape index (κ1) is 11.9. The molecule has 1 N–H and O–H groups in total. The van der Waals surface area contributed by atoms with Gasteiger partial charge in [-0.25, -0.2) is 13.4 Å². The lowest BCUT2D eigenvalue weighted by molar-refractivity contribution is 0.602. The van der Waals surface area contributed by atoms with Gasteiger partial charge in [0.25, 0.3) is 0 Å². The van der Waals surface area contributed by atoms with E-state index in [-0.39, 0.29) is 5.75 Å². The second kappa shape index (κ2) is 4.37. The zero-order valence-electron chi connectivity index (χ0n) is 9.84. The summed E-state index contributed by atoms with van der Waals surface area (Å²) in [6.07, 6.45) is 1.23. The summed E-state index contributed by atoms with van der Waals surface area (Å²) in [5.41, 5.74) is 1.92. The lowest BCUT2D eigenvalue weighted by Crippen LogP contribution is -2.16. The Morgan fingerprint density at radius 2 is 2.06 bits per heavy atom. The number of benzene rings is 1.